The van der Waals surface area contributed by atoms with Crippen molar-refractivity contribution in [2.24, 2.45) is 0 Å². The summed E-state index contributed by atoms with van der Waals surface area (Å²) >= 11 is 0. The van der Waals surface area contributed by atoms with Crippen LogP contribution in [0.2, 0.25) is 0 Å². The van der Waals surface area contributed by atoms with E-state index in [9.17, 15) is 0 Å². The second-order valence-corrected chi connectivity index (χ2v) is 8.45. The van der Waals surface area contributed by atoms with Crippen LogP contribution in [0.3, 0.4) is 0 Å². The van der Waals surface area contributed by atoms with E-state index in [1.54, 1.807) is 0 Å². The Labute approximate surface area is 162 Å². The van der Waals surface area contributed by atoms with Crippen molar-refractivity contribution in [3.8, 4) is 12.3 Å². The van der Waals surface area contributed by atoms with Crippen molar-refractivity contribution in [2.75, 3.05) is 6.79 Å². The van der Waals surface area contributed by atoms with E-state index in [-0.39, 0.29) is 29.5 Å². The van der Waals surface area contributed by atoms with Crippen molar-refractivity contribution in [1.82, 2.24) is 0 Å². The van der Waals surface area contributed by atoms with Crippen LogP contribution in [0.15, 0.2) is 12.1 Å². The highest BCUT2D eigenvalue weighted by atomic mass is 16.7. The third kappa shape index (κ3) is 7.08. The molecule has 0 aromatic carbocycles. The van der Waals surface area contributed by atoms with Gasteiger partial charge in [-0.1, -0.05) is 25.9 Å². The molecule has 0 radical (unpaired) electrons. The van der Waals surface area contributed by atoms with Gasteiger partial charge in [0.15, 0.2) is 0 Å². The van der Waals surface area contributed by atoms with E-state index in [1.165, 1.54) is 0 Å². The van der Waals surface area contributed by atoms with Crippen molar-refractivity contribution < 1.29 is 18.8 Å². The Morgan fingerprint density at radius 3 is 1.46 bits per heavy atom. The molecule has 2 fully saturated rings. The van der Waals surface area contributed by atoms with Crippen LogP contribution in [0.25, 0.3) is 0 Å². The summed E-state index contributed by atoms with van der Waals surface area (Å²) in [6, 6.07) is 0. The highest BCUT2D eigenvalue weighted by molar-refractivity contribution is 6.51. The van der Waals surface area contributed by atoms with Crippen LogP contribution in [-0.2, 0) is 18.8 Å². The molecule has 0 saturated carbocycles. The number of terminal acetylenes is 1. The average Bonchev–Trinajstić information content (AvgIpc) is 2.88. The summed E-state index contributed by atoms with van der Waals surface area (Å²) in [6.45, 7) is 20.9. The summed E-state index contributed by atoms with van der Waals surface area (Å²) in [5.74, 6) is 4.41. The third-order valence-corrected chi connectivity index (χ3v) is 5.29. The predicted octanol–water partition coefficient (Wildman–Crippen LogP) is 5.16. The molecular formula is C21H39BO4. The van der Waals surface area contributed by atoms with Gasteiger partial charge in [-0.2, -0.15) is 0 Å². The lowest BCUT2D eigenvalue weighted by Gasteiger charge is -2.32. The minimum atomic E-state index is -0.213. The first-order valence-corrected chi connectivity index (χ1v) is 9.50. The third-order valence-electron chi connectivity index (χ3n) is 5.29. The summed E-state index contributed by atoms with van der Waals surface area (Å²) < 4.78 is 22.2. The van der Waals surface area contributed by atoms with E-state index >= 15 is 0 Å². The first-order valence-electron chi connectivity index (χ1n) is 9.50. The zero-order chi connectivity index (χ0) is 20.6. The van der Waals surface area contributed by atoms with Gasteiger partial charge in [0.25, 0.3) is 0 Å². The first-order chi connectivity index (χ1) is 11.8. The quantitative estimate of drug-likeness (QED) is 0.500. The summed E-state index contributed by atoms with van der Waals surface area (Å²) in [4.78, 5) is 0. The standard InChI is InChI=1S/C10H19BO2.C7H14O2.C4H6/c1-6-7-8-11-12-9(2,3)10(4,5)13-11;1-6(2)7(3,4)9-5-8-6;1-3-4-2/h7-8H,6H2,1-5H3;5H2,1-4H3;1H,4H2,2H3/b8-7+;;. The first kappa shape index (κ1) is 25.2. The van der Waals surface area contributed by atoms with E-state index in [0.717, 1.165) is 12.8 Å². The SMILES string of the molecule is C#CCC.CC/C=C/B1OC(C)(C)C(C)(C)O1.CC1(C)OCOC1(C)C. The molecule has 0 aromatic heterocycles. The fraction of sp³-hybridized carbons (Fsp3) is 0.810. The van der Waals surface area contributed by atoms with Gasteiger partial charge < -0.3 is 18.8 Å². The van der Waals surface area contributed by atoms with E-state index < -0.39 is 0 Å². The Morgan fingerprint density at radius 2 is 1.23 bits per heavy atom. The minimum Gasteiger partial charge on any atom is -0.400 e. The molecule has 150 valence electrons. The molecule has 2 aliphatic heterocycles. The Balaban J connectivity index is 0.000000416. The van der Waals surface area contributed by atoms with Gasteiger partial charge in [-0.05, 0) is 61.8 Å². The fourth-order valence-corrected chi connectivity index (χ4v) is 1.89. The van der Waals surface area contributed by atoms with E-state index in [1.807, 2.05) is 40.6 Å². The van der Waals surface area contributed by atoms with Crippen LogP contribution in [0.1, 0.15) is 82.1 Å². The van der Waals surface area contributed by atoms with Crippen LogP contribution < -0.4 is 0 Å². The van der Waals surface area contributed by atoms with Gasteiger partial charge in [-0.3, -0.25) is 0 Å². The summed E-state index contributed by atoms with van der Waals surface area (Å²) in [6.07, 6.45) is 8.71. The largest absolute Gasteiger partial charge is 0.486 e. The smallest absolute Gasteiger partial charge is 0.400 e. The van der Waals surface area contributed by atoms with Gasteiger partial charge in [0.05, 0.1) is 22.4 Å². The Hall–Kier alpha value is -0.795. The zero-order valence-corrected chi connectivity index (χ0v) is 18.6. The highest BCUT2D eigenvalue weighted by Crippen LogP contribution is 2.37. The molecule has 26 heavy (non-hydrogen) atoms. The van der Waals surface area contributed by atoms with E-state index in [2.05, 4.69) is 46.6 Å². The molecule has 0 aliphatic carbocycles. The molecule has 2 rings (SSSR count). The normalized spacial score (nSPS) is 24.3. The molecule has 0 bridgehead atoms. The number of allylic oxidation sites excluding steroid dienone is 1. The van der Waals surface area contributed by atoms with Crippen LogP contribution in [-0.4, -0.2) is 36.3 Å². The molecule has 5 heteroatoms. The maximum absolute atomic E-state index is 5.76. The second-order valence-electron chi connectivity index (χ2n) is 8.45. The van der Waals surface area contributed by atoms with Crippen molar-refractivity contribution in [3.05, 3.63) is 12.1 Å². The number of rotatable bonds is 2. The fourth-order valence-electron chi connectivity index (χ4n) is 1.89. The molecular weight excluding hydrogens is 327 g/mol. The van der Waals surface area contributed by atoms with Crippen LogP contribution in [0.4, 0.5) is 0 Å². The lowest BCUT2D eigenvalue weighted by molar-refractivity contribution is 0.00578. The molecule has 0 amide bonds. The maximum Gasteiger partial charge on any atom is 0.486 e. The molecule has 0 spiro atoms. The Morgan fingerprint density at radius 1 is 0.846 bits per heavy atom. The summed E-state index contributed by atoms with van der Waals surface area (Å²) in [5, 5.41) is 0. The Kier molecular flexibility index (Phi) is 9.64. The predicted molar refractivity (Wildman–Crippen MR) is 110 cm³/mol. The van der Waals surface area contributed by atoms with Crippen LogP contribution in [0, 0.1) is 12.3 Å². The van der Waals surface area contributed by atoms with E-state index in [4.69, 9.17) is 25.2 Å². The van der Waals surface area contributed by atoms with Crippen LogP contribution in [0.5, 0.6) is 0 Å². The molecule has 4 nitrogen and oxygen atoms in total. The van der Waals surface area contributed by atoms with Gasteiger partial charge in [-0.15, -0.1) is 12.3 Å². The summed E-state index contributed by atoms with van der Waals surface area (Å²) in [5.41, 5.74) is -0.689. The van der Waals surface area contributed by atoms with Gasteiger partial charge in [0.1, 0.15) is 6.79 Å². The molecule has 0 unspecified atom stereocenters. The van der Waals surface area contributed by atoms with E-state index in [0.29, 0.717) is 6.79 Å². The molecule has 2 heterocycles. The molecule has 2 aliphatic rings. The number of hydrogen-bond acceptors (Lipinski definition) is 4. The molecule has 2 saturated heterocycles. The lowest BCUT2D eigenvalue weighted by atomic mass is 9.90. The van der Waals surface area contributed by atoms with Gasteiger partial charge in [0.2, 0.25) is 0 Å². The molecule has 0 aromatic rings. The average molecular weight is 366 g/mol. The van der Waals surface area contributed by atoms with Gasteiger partial charge in [-0.25, -0.2) is 0 Å². The maximum atomic E-state index is 5.76. The van der Waals surface area contributed by atoms with Crippen molar-refractivity contribution in [3.63, 3.8) is 0 Å². The number of ether oxygens (including phenoxy) is 2. The number of hydrogen-bond donors (Lipinski definition) is 0. The lowest BCUT2D eigenvalue weighted by Crippen LogP contribution is -2.41. The molecule has 0 atom stereocenters. The van der Waals surface area contributed by atoms with Crippen LogP contribution >= 0.6 is 0 Å². The van der Waals surface area contributed by atoms with Crippen molar-refractivity contribution >= 4 is 7.12 Å². The topological polar surface area (TPSA) is 36.9 Å². The zero-order valence-electron chi connectivity index (χ0n) is 18.6. The monoisotopic (exact) mass is 366 g/mol. The van der Waals surface area contributed by atoms with Gasteiger partial charge >= 0.3 is 7.12 Å². The Bertz CT molecular complexity index is 457. The van der Waals surface area contributed by atoms with Gasteiger partial charge in [0, 0.05) is 6.42 Å². The van der Waals surface area contributed by atoms with Crippen molar-refractivity contribution in [1.29, 1.82) is 0 Å². The minimum absolute atomic E-state index is 0.132. The highest BCUT2D eigenvalue weighted by Gasteiger charge is 2.50. The molecule has 0 N–H and O–H groups in total. The van der Waals surface area contributed by atoms with Crippen molar-refractivity contribution in [2.45, 2.75) is 104 Å². The second kappa shape index (κ2) is 9.94. The summed E-state index contributed by atoms with van der Waals surface area (Å²) in [7, 11) is -0.176.